The monoisotopic (exact) mass is 395 g/mol. The number of carboxylic acids is 1. The SMILES string of the molecule is CC(C)c1ccc(OCc2n[nH]c(=S)n2/N=C\c2ccc(C(=O)[O-])cc2)cc1. The number of benzene rings is 2. The number of aromatic amines is 1. The Kier molecular flexibility index (Phi) is 6.00. The smallest absolute Gasteiger partial charge is 0.216 e. The van der Waals surface area contributed by atoms with Gasteiger partial charge in [-0.25, -0.2) is 5.10 Å². The molecule has 3 rings (SSSR count). The number of nitrogens with zero attached hydrogens (tertiary/aromatic N) is 3. The van der Waals surface area contributed by atoms with Crippen molar-refractivity contribution in [3.8, 4) is 5.75 Å². The fourth-order valence-electron chi connectivity index (χ4n) is 2.46. The number of H-pyrrole nitrogens is 1. The van der Waals surface area contributed by atoms with Crippen LogP contribution in [-0.2, 0) is 6.61 Å². The topological polar surface area (TPSA) is 95.3 Å². The van der Waals surface area contributed by atoms with E-state index in [1.54, 1.807) is 18.3 Å². The van der Waals surface area contributed by atoms with Gasteiger partial charge in [-0.3, -0.25) is 0 Å². The second kappa shape index (κ2) is 8.62. The van der Waals surface area contributed by atoms with E-state index in [2.05, 4.69) is 29.1 Å². The molecule has 0 amide bonds. The van der Waals surface area contributed by atoms with Gasteiger partial charge in [-0.1, -0.05) is 50.2 Å². The minimum absolute atomic E-state index is 0.106. The number of aromatic nitrogens is 3. The van der Waals surface area contributed by atoms with Gasteiger partial charge in [0.1, 0.15) is 12.4 Å². The second-order valence-corrected chi connectivity index (χ2v) is 6.81. The van der Waals surface area contributed by atoms with Crippen molar-refractivity contribution in [3.63, 3.8) is 0 Å². The lowest BCUT2D eigenvalue weighted by atomic mass is 10.0. The summed E-state index contributed by atoms with van der Waals surface area (Å²) < 4.78 is 7.57. The molecule has 0 spiro atoms. The molecular weight excluding hydrogens is 376 g/mol. The summed E-state index contributed by atoms with van der Waals surface area (Å²) in [6.07, 6.45) is 1.56. The molecule has 1 N–H and O–H groups in total. The molecular formula is C20H19N4O3S-. The summed E-state index contributed by atoms with van der Waals surface area (Å²) in [5, 5.41) is 21.9. The third kappa shape index (κ3) is 4.72. The third-order valence-electron chi connectivity index (χ3n) is 4.10. The van der Waals surface area contributed by atoms with Crippen molar-refractivity contribution in [1.82, 2.24) is 14.9 Å². The van der Waals surface area contributed by atoms with E-state index < -0.39 is 5.97 Å². The predicted molar refractivity (Wildman–Crippen MR) is 106 cm³/mol. The van der Waals surface area contributed by atoms with Crippen molar-refractivity contribution < 1.29 is 14.6 Å². The van der Waals surface area contributed by atoms with Crippen LogP contribution < -0.4 is 9.84 Å². The maximum atomic E-state index is 10.8. The van der Waals surface area contributed by atoms with Crippen LogP contribution in [0.1, 0.15) is 47.1 Å². The van der Waals surface area contributed by atoms with Gasteiger partial charge in [0.25, 0.3) is 0 Å². The summed E-state index contributed by atoms with van der Waals surface area (Å²) in [5.74, 6) is 0.481. The minimum atomic E-state index is -1.22. The van der Waals surface area contributed by atoms with E-state index in [4.69, 9.17) is 17.0 Å². The summed E-state index contributed by atoms with van der Waals surface area (Å²) in [6, 6.07) is 14.1. The standard InChI is InChI=1S/C20H20N4O3S/c1-13(2)15-7-9-17(10-8-15)27-12-18-22-23-20(28)24(18)21-11-14-3-5-16(6-4-14)19(25)26/h3-11,13H,12H2,1-2H3,(H,23,28)(H,25,26)/p-1/b21-11-. The first-order valence-electron chi connectivity index (χ1n) is 8.69. The van der Waals surface area contributed by atoms with Crippen LogP contribution in [0, 0.1) is 4.77 Å². The summed E-state index contributed by atoms with van der Waals surface area (Å²) in [7, 11) is 0. The number of carbonyl (C=O) groups excluding carboxylic acids is 1. The Hall–Kier alpha value is -3.26. The van der Waals surface area contributed by atoms with E-state index in [0.29, 0.717) is 22.1 Å². The predicted octanol–water partition coefficient (Wildman–Crippen LogP) is 2.89. The zero-order valence-electron chi connectivity index (χ0n) is 15.5. The maximum Gasteiger partial charge on any atom is 0.216 e. The quantitative estimate of drug-likeness (QED) is 0.490. The first kappa shape index (κ1) is 19.5. The highest BCUT2D eigenvalue weighted by molar-refractivity contribution is 7.71. The largest absolute Gasteiger partial charge is 0.545 e. The van der Waals surface area contributed by atoms with Crippen LogP contribution in [0.25, 0.3) is 0 Å². The summed E-state index contributed by atoms with van der Waals surface area (Å²) in [6.45, 7) is 4.46. The molecule has 0 aliphatic rings. The van der Waals surface area contributed by atoms with E-state index in [9.17, 15) is 9.90 Å². The Morgan fingerprint density at radius 3 is 2.54 bits per heavy atom. The van der Waals surface area contributed by atoms with Gasteiger partial charge < -0.3 is 14.6 Å². The summed E-state index contributed by atoms with van der Waals surface area (Å²) in [4.78, 5) is 10.8. The Morgan fingerprint density at radius 1 is 1.25 bits per heavy atom. The number of ether oxygens (including phenoxy) is 1. The van der Waals surface area contributed by atoms with Gasteiger partial charge in [0, 0.05) is 0 Å². The molecule has 1 heterocycles. The molecule has 0 saturated heterocycles. The van der Waals surface area contributed by atoms with Gasteiger partial charge in [0.15, 0.2) is 5.82 Å². The van der Waals surface area contributed by atoms with Crippen molar-refractivity contribution in [1.29, 1.82) is 0 Å². The lowest BCUT2D eigenvalue weighted by Gasteiger charge is -2.08. The molecule has 0 bridgehead atoms. The van der Waals surface area contributed by atoms with Crippen molar-refractivity contribution in [3.05, 3.63) is 75.8 Å². The van der Waals surface area contributed by atoms with Crippen LogP contribution in [0.3, 0.4) is 0 Å². The summed E-state index contributed by atoms with van der Waals surface area (Å²) in [5.41, 5.74) is 2.06. The third-order valence-corrected chi connectivity index (χ3v) is 4.37. The molecule has 8 heteroatoms. The fourth-order valence-corrected chi connectivity index (χ4v) is 2.66. The average molecular weight is 395 g/mol. The molecule has 1 aromatic heterocycles. The number of nitrogens with one attached hydrogen (secondary N) is 1. The van der Waals surface area contributed by atoms with Crippen molar-refractivity contribution in [2.45, 2.75) is 26.4 Å². The average Bonchev–Trinajstić information content (AvgIpc) is 3.05. The lowest BCUT2D eigenvalue weighted by molar-refractivity contribution is -0.255. The summed E-state index contributed by atoms with van der Waals surface area (Å²) >= 11 is 5.21. The fraction of sp³-hybridized carbons (Fsp3) is 0.200. The van der Waals surface area contributed by atoms with Crippen molar-refractivity contribution in [2.24, 2.45) is 5.10 Å². The molecule has 0 aliphatic heterocycles. The highest BCUT2D eigenvalue weighted by Crippen LogP contribution is 2.19. The highest BCUT2D eigenvalue weighted by atomic mass is 32.1. The number of hydrogen-bond donors (Lipinski definition) is 1. The zero-order chi connectivity index (χ0) is 20.1. The molecule has 2 aromatic carbocycles. The number of hydrogen-bond acceptors (Lipinski definition) is 6. The first-order valence-corrected chi connectivity index (χ1v) is 9.09. The zero-order valence-corrected chi connectivity index (χ0v) is 16.3. The van der Waals surface area contributed by atoms with E-state index in [1.807, 2.05) is 24.3 Å². The molecule has 0 radical (unpaired) electrons. The number of carbonyl (C=O) groups is 1. The van der Waals surface area contributed by atoms with Gasteiger partial charge in [0.2, 0.25) is 4.77 Å². The molecule has 144 valence electrons. The van der Waals surface area contributed by atoms with Crippen LogP contribution in [0.2, 0.25) is 0 Å². The molecule has 0 aliphatic carbocycles. The Balaban J connectivity index is 1.71. The van der Waals surface area contributed by atoms with Gasteiger partial charge >= 0.3 is 0 Å². The van der Waals surface area contributed by atoms with Gasteiger partial charge in [-0.15, -0.1) is 0 Å². The molecule has 0 fully saturated rings. The second-order valence-electron chi connectivity index (χ2n) is 6.42. The van der Waals surface area contributed by atoms with Gasteiger partial charge in [-0.2, -0.15) is 14.9 Å². The molecule has 28 heavy (non-hydrogen) atoms. The molecule has 0 saturated carbocycles. The normalized spacial score (nSPS) is 11.2. The van der Waals surface area contributed by atoms with Crippen LogP contribution >= 0.6 is 12.2 Å². The number of carboxylic acid groups (broad SMARTS) is 1. The van der Waals surface area contributed by atoms with Gasteiger partial charge in [-0.05, 0) is 47.0 Å². The van der Waals surface area contributed by atoms with Crippen LogP contribution in [-0.4, -0.2) is 27.1 Å². The molecule has 0 atom stereocenters. The van der Waals surface area contributed by atoms with Gasteiger partial charge in [0.05, 0.1) is 12.2 Å². The minimum Gasteiger partial charge on any atom is -0.545 e. The van der Waals surface area contributed by atoms with E-state index in [-0.39, 0.29) is 12.2 Å². The molecule has 7 nitrogen and oxygen atoms in total. The van der Waals surface area contributed by atoms with E-state index >= 15 is 0 Å². The van der Waals surface area contributed by atoms with Crippen LogP contribution in [0.4, 0.5) is 0 Å². The van der Waals surface area contributed by atoms with Crippen LogP contribution in [0.15, 0.2) is 53.6 Å². The van der Waals surface area contributed by atoms with E-state index in [0.717, 1.165) is 5.75 Å². The highest BCUT2D eigenvalue weighted by Gasteiger charge is 2.07. The maximum absolute atomic E-state index is 10.8. The molecule has 0 unspecified atom stereocenters. The first-order chi connectivity index (χ1) is 13.4. The van der Waals surface area contributed by atoms with Crippen molar-refractivity contribution >= 4 is 24.4 Å². The Morgan fingerprint density at radius 2 is 1.93 bits per heavy atom. The number of aromatic carboxylic acids is 1. The number of rotatable bonds is 7. The Labute approximate surface area is 167 Å². The lowest BCUT2D eigenvalue weighted by Crippen LogP contribution is -2.21. The van der Waals surface area contributed by atoms with Crippen molar-refractivity contribution in [2.75, 3.05) is 0 Å². The van der Waals surface area contributed by atoms with E-state index in [1.165, 1.54) is 22.4 Å². The molecule has 3 aromatic rings. The van der Waals surface area contributed by atoms with Crippen LogP contribution in [0.5, 0.6) is 5.75 Å². The Bertz CT molecular complexity index is 1030.